The van der Waals surface area contributed by atoms with Crippen molar-refractivity contribution in [1.29, 1.82) is 0 Å². The van der Waals surface area contributed by atoms with Crippen molar-refractivity contribution in [2.45, 2.75) is 51.6 Å². The first kappa shape index (κ1) is 34.6. The van der Waals surface area contributed by atoms with E-state index in [0.29, 0.717) is 60.5 Å². The summed E-state index contributed by atoms with van der Waals surface area (Å²) in [6.45, 7) is 10.7. The number of aliphatic hydroxyl groups excluding tert-OH is 1. The van der Waals surface area contributed by atoms with Gasteiger partial charge in [-0.25, -0.2) is 13.6 Å². The highest BCUT2D eigenvalue weighted by atomic mass is 35.5. The van der Waals surface area contributed by atoms with Gasteiger partial charge < -0.3 is 26.9 Å². The van der Waals surface area contributed by atoms with Crippen LogP contribution in [-0.4, -0.2) is 51.2 Å². The Bertz CT molecular complexity index is 1650. The minimum absolute atomic E-state index is 0.0291. The lowest BCUT2D eigenvalue weighted by Crippen LogP contribution is -2.24. The molecular formula is C32H40ClF2N7O2. The summed E-state index contributed by atoms with van der Waals surface area (Å²) < 4.78 is 31.4. The third kappa shape index (κ3) is 8.82. The number of benzene rings is 2. The predicted molar refractivity (Wildman–Crippen MR) is 175 cm³/mol. The maximum Gasteiger partial charge on any atom is 0.354 e. The molecule has 0 fully saturated rings. The molecule has 12 heteroatoms. The predicted octanol–water partition coefficient (Wildman–Crippen LogP) is 5.17. The van der Waals surface area contributed by atoms with Crippen molar-refractivity contribution in [3.63, 3.8) is 0 Å². The quantitative estimate of drug-likeness (QED) is 0.0598. The minimum Gasteiger partial charge on any atom is -0.395 e. The topological polar surface area (TPSA) is 147 Å². The number of nitrogens with zero attached hydrogens (tertiary/aromatic N) is 3. The van der Waals surface area contributed by atoms with Gasteiger partial charge >= 0.3 is 5.69 Å². The molecule has 4 rings (SSSR count). The summed E-state index contributed by atoms with van der Waals surface area (Å²) in [5.74, 6) is -0.531. The number of nitrogens with two attached hydrogens (primary N) is 2. The zero-order valence-corrected chi connectivity index (χ0v) is 25.8. The lowest BCUT2D eigenvalue weighted by Gasteiger charge is -2.16. The molecule has 0 aliphatic rings. The van der Waals surface area contributed by atoms with Crippen LogP contribution in [0.4, 0.5) is 8.78 Å². The first-order valence-electron chi connectivity index (χ1n) is 14.3. The van der Waals surface area contributed by atoms with Crippen molar-refractivity contribution in [3.05, 3.63) is 94.0 Å². The van der Waals surface area contributed by atoms with E-state index >= 15 is 8.78 Å². The largest absolute Gasteiger partial charge is 0.395 e. The number of halogens is 3. The fourth-order valence-corrected chi connectivity index (χ4v) is 4.99. The third-order valence-corrected chi connectivity index (χ3v) is 7.31. The standard InChI is InChI=1S/C30H36ClF2N7O2.C2H4/c1-17(36-9-4-10-37-18(2)34)23-8-7-22(14-26(23)32)40-15-20-13-27(38-29(20)39-30(40)42)24-11-19(12-25(31)28(24)33)5-3-6-21(35)16-41;1-2/h7-8,11-15,17,21,36,41H,3-6,9-10,16,35H2,1-2H3,(H2,34,37)(H,38,39,42);1-2H2. The van der Waals surface area contributed by atoms with Crippen LogP contribution in [0.5, 0.6) is 0 Å². The second-order valence-electron chi connectivity index (χ2n) is 10.4. The number of hydrogen-bond donors (Lipinski definition) is 5. The first-order chi connectivity index (χ1) is 21.1. The molecule has 0 spiro atoms. The number of aliphatic hydroxyl groups is 1. The number of nitrogens with one attached hydrogen (secondary N) is 2. The van der Waals surface area contributed by atoms with E-state index in [1.807, 2.05) is 6.92 Å². The summed E-state index contributed by atoms with van der Waals surface area (Å²) in [4.78, 5) is 24.1. The SMILES string of the molecule is C=C.CC(N)=NCCCNC(C)c1ccc(-n2cc3cc(-c4cc(CCCC(N)CO)cc(Cl)c4F)[nH]c3nc2=O)cc1F. The van der Waals surface area contributed by atoms with Gasteiger partial charge in [0.2, 0.25) is 0 Å². The molecule has 7 N–H and O–H groups in total. The summed E-state index contributed by atoms with van der Waals surface area (Å²) in [7, 11) is 0. The molecule has 236 valence electrons. The monoisotopic (exact) mass is 627 g/mol. The third-order valence-electron chi connectivity index (χ3n) is 7.04. The van der Waals surface area contributed by atoms with Crippen LogP contribution in [0.15, 0.2) is 65.5 Å². The van der Waals surface area contributed by atoms with Gasteiger partial charge in [-0.1, -0.05) is 17.7 Å². The van der Waals surface area contributed by atoms with Crippen LogP contribution in [0.3, 0.4) is 0 Å². The fraction of sp³-hybridized carbons (Fsp3) is 0.344. The second-order valence-corrected chi connectivity index (χ2v) is 10.8. The molecule has 2 atom stereocenters. The smallest absolute Gasteiger partial charge is 0.354 e. The van der Waals surface area contributed by atoms with Crippen molar-refractivity contribution in [2.75, 3.05) is 19.7 Å². The number of amidine groups is 1. The zero-order chi connectivity index (χ0) is 32.4. The maximum absolute atomic E-state index is 15.1. The molecule has 0 saturated heterocycles. The number of rotatable bonds is 13. The summed E-state index contributed by atoms with van der Waals surface area (Å²) >= 11 is 6.20. The molecular weight excluding hydrogens is 588 g/mol. The number of H-pyrrole nitrogens is 1. The van der Waals surface area contributed by atoms with E-state index in [4.69, 9.17) is 28.2 Å². The van der Waals surface area contributed by atoms with E-state index in [9.17, 15) is 4.79 Å². The van der Waals surface area contributed by atoms with Crippen molar-refractivity contribution >= 4 is 28.5 Å². The van der Waals surface area contributed by atoms with Gasteiger partial charge in [0.05, 0.1) is 28.8 Å². The molecule has 44 heavy (non-hydrogen) atoms. The van der Waals surface area contributed by atoms with E-state index < -0.39 is 17.3 Å². The van der Waals surface area contributed by atoms with E-state index in [2.05, 4.69) is 33.4 Å². The summed E-state index contributed by atoms with van der Waals surface area (Å²) in [6.07, 6.45) is 4.22. The Morgan fingerprint density at radius 3 is 2.66 bits per heavy atom. The van der Waals surface area contributed by atoms with Crippen molar-refractivity contribution in [1.82, 2.24) is 19.9 Å². The molecule has 0 aliphatic carbocycles. The zero-order valence-electron chi connectivity index (χ0n) is 25.0. The van der Waals surface area contributed by atoms with E-state index in [1.165, 1.54) is 10.6 Å². The molecule has 0 bridgehead atoms. The number of hydrogen-bond acceptors (Lipinski definition) is 6. The van der Waals surface area contributed by atoms with Crippen LogP contribution in [-0.2, 0) is 6.42 Å². The van der Waals surface area contributed by atoms with Crippen LogP contribution in [0.2, 0.25) is 5.02 Å². The van der Waals surface area contributed by atoms with Gasteiger partial charge in [0.15, 0.2) is 5.82 Å². The molecule has 2 heterocycles. The highest BCUT2D eigenvalue weighted by Crippen LogP contribution is 2.31. The van der Waals surface area contributed by atoms with Gasteiger partial charge in [-0.05, 0) is 82.0 Å². The Morgan fingerprint density at radius 1 is 1.23 bits per heavy atom. The average Bonchev–Trinajstić information content (AvgIpc) is 3.41. The minimum atomic E-state index is -0.613. The van der Waals surface area contributed by atoms with Crippen LogP contribution in [0, 0.1) is 11.6 Å². The van der Waals surface area contributed by atoms with E-state index in [0.717, 1.165) is 12.0 Å². The number of aryl methyl sites for hydroxylation is 1. The maximum atomic E-state index is 15.1. The molecule has 0 radical (unpaired) electrons. The van der Waals surface area contributed by atoms with E-state index in [-0.39, 0.29) is 34.9 Å². The van der Waals surface area contributed by atoms with Crippen LogP contribution < -0.4 is 22.5 Å². The Kier molecular flexibility index (Phi) is 12.8. The highest BCUT2D eigenvalue weighted by molar-refractivity contribution is 6.31. The summed E-state index contributed by atoms with van der Waals surface area (Å²) in [6, 6.07) is 8.96. The summed E-state index contributed by atoms with van der Waals surface area (Å²) in [5, 5.41) is 12.9. The molecule has 2 aromatic heterocycles. The lowest BCUT2D eigenvalue weighted by molar-refractivity contribution is 0.258. The first-order valence-corrected chi connectivity index (χ1v) is 14.7. The van der Waals surface area contributed by atoms with Crippen LogP contribution >= 0.6 is 11.6 Å². The Balaban J connectivity index is 0.00000259. The average molecular weight is 628 g/mol. The number of fused-ring (bicyclic) bond motifs is 1. The summed E-state index contributed by atoms with van der Waals surface area (Å²) in [5.41, 5.74) is 13.2. The van der Waals surface area contributed by atoms with E-state index in [1.54, 1.807) is 43.5 Å². The molecule has 4 aromatic rings. The molecule has 9 nitrogen and oxygen atoms in total. The number of aliphatic imine (C=N–C) groups is 1. The van der Waals surface area contributed by atoms with Crippen LogP contribution in [0.1, 0.15) is 50.3 Å². The Labute approximate surface area is 260 Å². The van der Waals surface area contributed by atoms with Gasteiger partial charge in [-0.3, -0.25) is 9.56 Å². The molecule has 0 saturated carbocycles. The van der Waals surface area contributed by atoms with Crippen molar-refractivity contribution in [2.24, 2.45) is 16.5 Å². The second kappa shape index (κ2) is 16.2. The van der Waals surface area contributed by atoms with Crippen LogP contribution in [0.25, 0.3) is 28.0 Å². The highest BCUT2D eigenvalue weighted by Gasteiger charge is 2.17. The number of aromatic nitrogens is 3. The molecule has 2 aromatic carbocycles. The van der Waals surface area contributed by atoms with Gasteiger partial charge in [0.25, 0.3) is 0 Å². The number of aromatic amines is 1. The molecule has 2 unspecified atom stereocenters. The van der Waals surface area contributed by atoms with Gasteiger partial charge in [-0.15, -0.1) is 13.2 Å². The van der Waals surface area contributed by atoms with Crippen molar-refractivity contribution in [3.8, 4) is 16.9 Å². The molecule has 0 amide bonds. The van der Waals surface area contributed by atoms with Gasteiger partial charge in [0, 0.05) is 41.3 Å². The lowest BCUT2D eigenvalue weighted by atomic mass is 10.0. The Hall–Kier alpha value is -3.90. The Morgan fingerprint density at radius 2 is 1.98 bits per heavy atom. The van der Waals surface area contributed by atoms with Crippen molar-refractivity contribution < 1.29 is 13.9 Å². The molecule has 0 aliphatic heterocycles. The normalized spacial score (nSPS) is 13.0. The van der Waals surface area contributed by atoms with Gasteiger partial charge in [0.1, 0.15) is 11.5 Å². The fourth-order valence-electron chi connectivity index (χ4n) is 4.75. The van der Waals surface area contributed by atoms with Gasteiger partial charge in [-0.2, -0.15) is 4.98 Å².